The quantitative estimate of drug-likeness (QED) is 0.382. The molecular formula is C29H34F7N3O4. The number of alkyl halides is 6. The summed E-state index contributed by atoms with van der Waals surface area (Å²) in [6.07, 6.45) is -10.0. The van der Waals surface area contributed by atoms with Crippen molar-refractivity contribution < 1.29 is 49.7 Å². The van der Waals surface area contributed by atoms with Crippen LogP contribution in [0.4, 0.5) is 30.7 Å². The Morgan fingerprint density at radius 1 is 0.907 bits per heavy atom. The number of benzene rings is 2. The van der Waals surface area contributed by atoms with Crippen molar-refractivity contribution in [2.24, 2.45) is 0 Å². The molecule has 7 nitrogen and oxygen atoms in total. The van der Waals surface area contributed by atoms with Crippen molar-refractivity contribution in [1.29, 1.82) is 0 Å². The molecule has 2 aromatic carbocycles. The topological polar surface area (TPSA) is 54.5 Å². The number of nitrogens with zero attached hydrogens (tertiary/aromatic N) is 3. The van der Waals surface area contributed by atoms with Gasteiger partial charge < -0.3 is 19.1 Å². The molecule has 0 unspecified atom stereocenters. The Morgan fingerprint density at radius 3 is 2.16 bits per heavy atom. The number of ether oxygens (including phenoxy) is 3. The van der Waals surface area contributed by atoms with Crippen LogP contribution in [-0.4, -0.2) is 106 Å². The lowest BCUT2D eigenvalue weighted by molar-refractivity contribution is -0.143. The molecule has 1 amide bonds. The largest absolute Gasteiger partial charge is 0.494 e. The molecule has 0 aliphatic carbocycles. The first-order valence-electron chi connectivity index (χ1n) is 13.8. The molecule has 2 aliphatic heterocycles. The number of amides is 1. The predicted molar refractivity (Wildman–Crippen MR) is 142 cm³/mol. The first kappa shape index (κ1) is 33.0. The van der Waals surface area contributed by atoms with E-state index in [1.165, 1.54) is 30.2 Å². The highest BCUT2D eigenvalue weighted by atomic mass is 19.4. The van der Waals surface area contributed by atoms with Crippen molar-refractivity contribution in [2.75, 3.05) is 73.2 Å². The van der Waals surface area contributed by atoms with Gasteiger partial charge in [0.05, 0.1) is 37.6 Å². The van der Waals surface area contributed by atoms with Crippen LogP contribution in [0.15, 0.2) is 36.4 Å². The van der Waals surface area contributed by atoms with Gasteiger partial charge in [-0.2, -0.15) is 26.3 Å². The van der Waals surface area contributed by atoms with Gasteiger partial charge in [0.2, 0.25) is 0 Å². The Hall–Kier alpha value is -2.94. The number of morpholine rings is 1. The summed E-state index contributed by atoms with van der Waals surface area (Å²) in [4.78, 5) is 19.2. The molecule has 2 aromatic rings. The summed E-state index contributed by atoms with van der Waals surface area (Å²) in [5, 5.41) is 0. The second kappa shape index (κ2) is 13.8. The number of rotatable bonds is 9. The van der Waals surface area contributed by atoms with Gasteiger partial charge in [0.15, 0.2) is 11.6 Å². The zero-order chi connectivity index (χ0) is 31.4. The lowest BCUT2D eigenvalue weighted by Crippen LogP contribution is -2.57. The minimum Gasteiger partial charge on any atom is -0.494 e. The van der Waals surface area contributed by atoms with Crippen LogP contribution in [0.3, 0.4) is 0 Å². The Balaban J connectivity index is 1.57. The number of methoxy groups -OCH3 is 2. The Kier molecular flexibility index (Phi) is 10.6. The molecule has 0 aromatic heterocycles. The third kappa shape index (κ3) is 8.58. The van der Waals surface area contributed by atoms with Crippen molar-refractivity contribution in [1.82, 2.24) is 14.7 Å². The summed E-state index contributed by atoms with van der Waals surface area (Å²) in [6.45, 7) is 4.50. The van der Waals surface area contributed by atoms with Crippen LogP contribution in [0.5, 0.6) is 5.75 Å². The minimum absolute atomic E-state index is 0.000179. The van der Waals surface area contributed by atoms with Gasteiger partial charge in [-0.15, -0.1) is 0 Å². The zero-order valence-electron chi connectivity index (χ0n) is 23.8. The summed E-state index contributed by atoms with van der Waals surface area (Å²) in [7, 11) is 2.90. The van der Waals surface area contributed by atoms with Crippen molar-refractivity contribution in [2.45, 2.75) is 30.9 Å². The molecular weight excluding hydrogens is 587 g/mol. The summed E-state index contributed by atoms with van der Waals surface area (Å²) in [6, 6.07) is 4.47. The predicted octanol–water partition coefficient (Wildman–Crippen LogP) is 4.59. The molecule has 14 heteroatoms. The molecule has 2 heterocycles. The monoisotopic (exact) mass is 621 g/mol. The van der Waals surface area contributed by atoms with Crippen molar-refractivity contribution in [3.63, 3.8) is 0 Å². The van der Waals surface area contributed by atoms with E-state index in [0.717, 1.165) is 6.54 Å². The first-order chi connectivity index (χ1) is 20.3. The average Bonchev–Trinajstić information content (AvgIpc) is 2.96. The van der Waals surface area contributed by atoms with E-state index in [1.54, 1.807) is 7.11 Å². The van der Waals surface area contributed by atoms with E-state index in [2.05, 4.69) is 9.80 Å². The molecule has 2 aliphatic rings. The number of hydrogen-bond acceptors (Lipinski definition) is 6. The van der Waals surface area contributed by atoms with Crippen LogP contribution >= 0.6 is 0 Å². The van der Waals surface area contributed by atoms with E-state index in [1.807, 2.05) is 0 Å². The van der Waals surface area contributed by atoms with Gasteiger partial charge >= 0.3 is 12.4 Å². The van der Waals surface area contributed by atoms with Gasteiger partial charge in [-0.1, -0.05) is 6.07 Å². The van der Waals surface area contributed by atoms with E-state index in [-0.39, 0.29) is 30.9 Å². The van der Waals surface area contributed by atoms with Crippen LogP contribution in [0.2, 0.25) is 0 Å². The molecule has 0 N–H and O–H groups in total. The van der Waals surface area contributed by atoms with Crippen molar-refractivity contribution in [3.05, 3.63) is 64.5 Å². The molecule has 0 spiro atoms. The normalized spacial score (nSPS) is 20.8. The fraction of sp³-hybridized carbons (Fsp3) is 0.552. The Bertz CT molecular complexity index is 1220. The number of carbonyl (C=O) groups excluding carboxylic acids is 1. The Labute approximate surface area is 245 Å². The van der Waals surface area contributed by atoms with Crippen LogP contribution in [-0.2, 0) is 28.2 Å². The summed E-state index contributed by atoms with van der Waals surface area (Å²) >= 11 is 0. The van der Waals surface area contributed by atoms with Crippen LogP contribution in [0.1, 0.15) is 27.0 Å². The van der Waals surface area contributed by atoms with Gasteiger partial charge in [0.25, 0.3) is 5.91 Å². The smallest absolute Gasteiger partial charge is 0.416 e. The van der Waals surface area contributed by atoms with Gasteiger partial charge in [-0.25, -0.2) is 4.39 Å². The number of halogens is 7. The van der Waals surface area contributed by atoms with Gasteiger partial charge in [0, 0.05) is 64.5 Å². The maximum absolute atomic E-state index is 14.1. The number of piperazine rings is 1. The first-order valence-corrected chi connectivity index (χ1v) is 13.8. The lowest BCUT2D eigenvalue weighted by Gasteiger charge is -2.43. The summed E-state index contributed by atoms with van der Waals surface area (Å²) in [5.74, 6) is -1.55. The highest BCUT2D eigenvalue weighted by Gasteiger charge is 2.39. The van der Waals surface area contributed by atoms with E-state index in [9.17, 15) is 35.5 Å². The molecule has 0 radical (unpaired) electrons. The molecule has 43 heavy (non-hydrogen) atoms. The van der Waals surface area contributed by atoms with E-state index >= 15 is 0 Å². The second-order valence-corrected chi connectivity index (χ2v) is 10.7. The lowest BCUT2D eigenvalue weighted by atomic mass is 9.99. The minimum atomic E-state index is -5.08. The number of hydrogen-bond donors (Lipinski definition) is 0. The fourth-order valence-corrected chi connectivity index (χ4v) is 5.47. The summed E-state index contributed by atoms with van der Waals surface area (Å²) < 4.78 is 111. The van der Waals surface area contributed by atoms with Crippen molar-refractivity contribution in [3.8, 4) is 5.75 Å². The van der Waals surface area contributed by atoms with Crippen LogP contribution in [0, 0.1) is 5.82 Å². The van der Waals surface area contributed by atoms with E-state index < -0.39 is 46.8 Å². The third-order valence-electron chi connectivity index (χ3n) is 7.66. The fourth-order valence-electron chi connectivity index (χ4n) is 5.47. The Morgan fingerprint density at radius 2 is 1.56 bits per heavy atom. The van der Waals surface area contributed by atoms with Gasteiger partial charge in [-0.3, -0.25) is 14.6 Å². The number of carbonyl (C=O) groups is 1. The molecule has 2 atom stereocenters. The maximum Gasteiger partial charge on any atom is 0.416 e. The maximum atomic E-state index is 14.1. The SMILES string of the molecule is COC[C@@H]1CN(CCN2CCN(C(=O)c3cc(C(F)(F)F)cc(C(F)(F)F)c3)[C@H](Cc3ccc(F)c(OC)c3)C2)CCO1. The van der Waals surface area contributed by atoms with Crippen LogP contribution in [0.25, 0.3) is 0 Å². The highest BCUT2D eigenvalue weighted by molar-refractivity contribution is 5.95. The third-order valence-corrected chi connectivity index (χ3v) is 7.66. The van der Waals surface area contributed by atoms with E-state index in [4.69, 9.17) is 14.2 Å². The molecule has 0 saturated carbocycles. The molecule has 2 fully saturated rings. The highest BCUT2D eigenvalue weighted by Crippen LogP contribution is 2.37. The average molecular weight is 622 g/mol. The van der Waals surface area contributed by atoms with Crippen LogP contribution < -0.4 is 4.74 Å². The van der Waals surface area contributed by atoms with E-state index in [0.29, 0.717) is 63.6 Å². The second-order valence-electron chi connectivity index (χ2n) is 10.7. The van der Waals surface area contributed by atoms with Gasteiger partial charge in [-0.05, 0) is 42.3 Å². The zero-order valence-corrected chi connectivity index (χ0v) is 23.8. The standard InChI is InChI=1S/C29H34F7N3O4/c1-41-18-24-17-38(9-10-43-24)6-5-37-7-8-39(23(16-37)11-19-3-4-25(30)26(12-19)42-2)27(40)20-13-21(28(31,32)33)15-22(14-20)29(34,35)36/h3-4,12-15,23-24H,5-11,16-18H2,1-2H3/t23-,24+/m1/s1. The van der Waals surface area contributed by atoms with Gasteiger partial charge in [0.1, 0.15) is 0 Å². The molecule has 4 rings (SSSR count). The molecule has 238 valence electrons. The molecule has 0 bridgehead atoms. The van der Waals surface area contributed by atoms with Crippen molar-refractivity contribution >= 4 is 5.91 Å². The molecule has 2 saturated heterocycles. The summed E-state index contributed by atoms with van der Waals surface area (Å²) in [5.41, 5.74) is -3.21.